The summed E-state index contributed by atoms with van der Waals surface area (Å²) in [5.74, 6) is 0.0296. The molecule has 0 aliphatic heterocycles. The lowest BCUT2D eigenvalue weighted by molar-refractivity contribution is -0.119. The lowest BCUT2D eigenvalue weighted by atomic mass is 10.0. The van der Waals surface area contributed by atoms with Gasteiger partial charge in [0.05, 0.1) is 6.54 Å². The average Bonchev–Trinajstić information content (AvgIpc) is 2.46. The van der Waals surface area contributed by atoms with Crippen LogP contribution in [0.5, 0.6) is 0 Å². The fourth-order valence-electron chi connectivity index (χ4n) is 2.41. The van der Waals surface area contributed by atoms with Crippen LogP contribution in [0.3, 0.4) is 0 Å². The number of likely N-dealkylation sites (N-methyl/N-ethyl adjacent to an activating group) is 2. The molecule has 0 saturated carbocycles. The lowest BCUT2D eigenvalue weighted by Gasteiger charge is -2.21. The Hall–Kier alpha value is -2.07. The molecule has 0 bridgehead atoms. The summed E-state index contributed by atoms with van der Waals surface area (Å²) < 4.78 is 0. The van der Waals surface area contributed by atoms with E-state index in [2.05, 4.69) is 17.4 Å². The molecule has 0 unspecified atom stereocenters. The Labute approximate surface area is 119 Å². The molecule has 0 saturated heterocycles. The number of carbonyl (C=O) groups excluding carboxylic acids is 1. The third kappa shape index (κ3) is 2.91. The molecule has 106 valence electrons. The van der Waals surface area contributed by atoms with E-state index in [1.54, 1.807) is 0 Å². The van der Waals surface area contributed by atoms with Gasteiger partial charge in [0.2, 0.25) is 5.91 Å². The number of anilines is 1. The second-order valence-corrected chi connectivity index (χ2v) is 4.80. The summed E-state index contributed by atoms with van der Waals surface area (Å²) in [5, 5.41) is 5.09. The molecule has 0 atom stereocenters. The molecule has 2 rings (SSSR count). The van der Waals surface area contributed by atoms with Crippen molar-refractivity contribution in [2.24, 2.45) is 5.73 Å². The van der Waals surface area contributed by atoms with Crippen molar-refractivity contribution in [2.45, 2.75) is 13.5 Å². The Balaban J connectivity index is 2.37. The molecule has 20 heavy (non-hydrogen) atoms. The van der Waals surface area contributed by atoms with Gasteiger partial charge < -0.3 is 16.0 Å². The molecule has 4 heteroatoms. The smallest absolute Gasteiger partial charge is 0.239 e. The molecular weight excluding hydrogens is 250 g/mol. The van der Waals surface area contributed by atoms with Gasteiger partial charge in [-0.1, -0.05) is 30.3 Å². The molecule has 3 N–H and O–H groups in total. The van der Waals surface area contributed by atoms with Gasteiger partial charge in [0.15, 0.2) is 0 Å². The minimum atomic E-state index is 0.0296. The summed E-state index contributed by atoms with van der Waals surface area (Å²) in [6.07, 6.45) is 0. The number of hydrogen-bond donors (Lipinski definition) is 2. The second kappa shape index (κ2) is 6.39. The average molecular weight is 271 g/mol. The third-order valence-electron chi connectivity index (χ3n) is 3.38. The van der Waals surface area contributed by atoms with E-state index >= 15 is 0 Å². The highest BCUT2D eigenvalue weighted by molar-refractivity contribution is 5.97. The fraction of sp³-hybridized carbons (Fsp3) is 0.312. The number of amides is 1. The number of nitrogens with zero attached hydrogens (tertiary/aromatic N) is 1. The SMILES string of the molecule is CCNC(=O)CN(C)c1ccc(CN)c2ccccc12. The zero-order valence-corrected chi connectivity index (χ0v) is 12.0. The second-order valence-electron chi connectivity index (χ2n) is 4.80. The normalized spacial score (nSPS) is 10.6. The summed E-state index contributed by atoms with van der Waals surface area (Å²) in [7, 11) is 1.93. The van der Waals surface area contributed by atoms with E-state index < -0.39 is 0 Å². The molecule has 0 aromatic heterocycles. The highest BCUT2D eigenvalue weighted by Crippen LogP contribution is 2.28. The fourth-order valence-corrected chi connectivity index (χ4v) is 2.41. The maximum atomic E-state index is 11.7. The van der Waals surface area contributed by atoms with Crippen molar-refractivity contribution in [1.82, 2.24) is 5.32 Å². The molecule has 1 amide bonds. The van der Waals surface area contributed by atoms with Crippen LogP contribution in [-0.4, -0.2) is 26.0 Å². The topological polar surface area (TPSA) is 58.4 Å². The van der Waals surface area contributed by atoms with Crippen molar-refractivity contribution >= 4 is 22.4 Å². The summed E-state index contributed by atoms with van der Waals surface area (Å²) in [6, 6.07) is 12.2. The van der Waals surface area contributed by atoms with Gasteiger partial charge >= 0.3 is 0 Å². The third-order valence-corrected chi connectivity index (χ3v) is 3.38. The van der Waals surface area contributed by atoms with Crippen LogP contribution in [0.4, 0.5) is 5.69 Å². The van der Waals surface area contributed by atoms with E-state index in [4.69, 9.17) is 5.73 Å². The van der Waals surface area contributed by atoms with E-state index in [0.717, 1.165) is 22.0 Å². The van der Waals surface area contributed by atoms with E-state index in [-0.39, 0.29) is 5.91 Å². The molecule has 0 aliphatic rings. The number of nitrogens with one attached hydrogen (secondary N) is 1. The van der Waals surface area contributed by atoms with Gasteiger partial charge in [-0.3, -0.25) is 4.79 Å². The van der Waals surface area contributed by atoms with Gasteiger partial charge in [-0.05, 0) is 23.9 Å². The minimum absolute atomic E-state index is 0.0296. The van der Waals surface area contributed by atoms with Crippen LogP contribution in [0.1, 0.15) is 12.5 Å². The van der Waals surface area contributed by atoms with Crippen LogP contribution < -0.4 is 16.0 Å². The van der Waals surface area contributed by atoms with Crippen molar-refractivity contribution in [3.63, 3.8) is 0 Å². The Bertz CT molecular complexity index is 610. The molecule has 0 heterocycles. The van der Waals surface area contributed by atoms with Crippen LogP contribution in [0.25, 0.3) is 10.8 Å². The monoisotopic (exact) mass is 271 g/mol. The van der Waals surface area contributed by atoms with Crippen LogP contribution in [0, 0.1) is 0 Å². The first kappa shape index (κ1) is 14.3. The first-order chi connectivity index (χ1) is 9.67. The predicted molar refractivity (Wildman–Crippen MR) is 83.8 cm³/mol. The Morgan fingerprint density at radius 3 is 2.55 bits per heavy atom. The number of hydrogen-bond acceptors (Lipinski definition) is 3. The quantitative estimate of drug-likeness (QED) is 0.873. The van der Waals surface area contributed by atoms with E-state index in [9.17, 15) is 4.79 Å². The van der Waals surface area contributed by atoms with Crippen LogP contribution in [0.2, 0.25) is 0 Å². The molecule has 4 nitrogen and oxygen atoms in total. The number of nitrogens with two attached hydrogens (primary N) is 1. The van der Waals surface area contributed by atoms with E-state index in [0.29, 0.717) is 19.6 Å². The van der Waals surface area contributed by atoms with Gasteiger partial charge in [0.1, 0.15) is 0 Å². The molecule has 2 aromatic rings. The Morgan fingerprint density at radius 1 is 1.20 bits per heavy atom. The number of rotatable bonds is 5. The van der Waals surface area contributed by atoms with Gasteiger partial charge in [-0.15, -0.1) is 0 Å². The van der Waals surface area contributed by atoms with Crippen LogP contribution in [0.15, 0.2) is 36.4 Å². The van der Waals surface area contributed by atoms with Crippen molar-refractivity contribution < 1.29 is 4.79 Å². The van der Waals surface area contributed by atoms with Gasteiger partial charge in [-0.2, -0.15) is 0 Å². The van der Waals surface area contributed by atoms with Crippen LogP contribution >= 0.6 is 0 Å². The van der Waals surface area contributed by atoms with Crippen molar-refractivity contribution in [3.05, 3.63) is 42.0 Å². The highest BCUT2D eigenvalue weighted by Gasteiger charge is 2.11. The number of benzene rings is 2. The first-order valence-corrected chi connectivity index (χ1v) is 6.86. The van der Waals surface area contributed by atoms with Crippen molar-refractivity contribution in [1.29, 1.82) is 0 Å². The molecule has 0 aliphatic carbocycles. The summed E-state index contributed by atoms with van der Waals surface area (Å²) in [6.45, 7) is 3.43. The Morgan fingerprint density at radius 2 is 1.90 bits per heavy atom. The zero-order chi connectivity index (χ0) is 14.5. The van der Waals surface area contributed by atoms with Gasteiger partial charge in [-0.25, -0.2) is 0 Å². The lowest BCUT2D eigenvalue weighted by Crippen LogP contribution is -2.35. The number of fused-ring (bicyclic) bond motifs is 1. The maximum Gasteiger partial charge on any atom is 0.239 e. The first-order valence-electron chi connectivity index (χ1n) is 6.86. The van der Waals surface area contributed by atoms with Crippen molar-refractivity contribution in [3.8, 4) is 0 Å². The summed E-state index contributed by atoms with van der Waals surface area (Å²) in [5.41, 5.74) is 7.95. The largest absolute Gasteiger partial charge is 0.365 e. The zero-order valence-electron chi connectivity index (χ0n) is 12.0. The van der Waals surface area contributed by atoms with E-state index in [1.807, 2.05) is 43.1 Å². The Kier molecular flexibility index (Phi) is 4.58. The molecule has 0 fully saturated rings. The highest BCUT2D eigenvalue weighted by atomic mass is 16.1. The molecule has 0 spiro atoms. The minimum Gasteiger partial charge on any atom is -0.365 e. The summed E-state index contributed by atoms with van der Waals surface area (Å²) >= 11 is 0. The maximum absolute atomic E-state index is 11.7. The van der Waals surface area contributed by atoms with Gasteiger partial charge in [0, 0.05) is 31.2 Å². The standard InChI is InChI=1S/C16H21N3O/c1-3-18-16(20)11-19(2)15-9-8-12(10-17)13-6-4-5-7-14(13)15/h4-9H,3,10-11,17H2,1-2H3,(H,18,20). The molecule has 2 aromatic carbocycles. The van der Waals surface area contributed by atoms with E-state index in [1.165, 1.54) is 0 Å². The van der Waals surface area contributed by atoms with Gasteiger partial charge in [0.25, 0.3) is 0 Å². The summed E-state index contributed by atoms with van der Waals surface area (Å²) in [4.78, 5) is 13.7. The predicted octanol–water partition coefficient (Wildman–Crippen LogP) is 1.87. The number of carbonyl (C=O) groups is 1. The molecular formula is C16H21N3O. The van der Waals surface area contributed by atoms with Crippen molar-refractivity contribution in [2.75, 3.05) is 25.0 Å². The molecule has 0 radical (unpaired) electrons. The van der Waals surface area contributed by atoms with Crippen LogP contribution in [-0.2, 0) is 11.3 Å².